The summed E-state index contributed by atoms with van der Waals surface area (Å²) >= 11 is 21.1. The van der Waals surface area contributed by atoms with E-state index in [1.165, 1.54) is 35.1 Å². The van der Waals surface area contributed by atoms with E-state index in [9.17, 15) is 14.7 Å². The molecule has 2 aromatic carbocycles. The molecule has 182 valence electrons. The van der Waals surface area contributed by atoms with Gasteiger partial charge in [-0.25, -0.2) is 0 Å². The van der Waals surface area contributed by atoms with Gasteiger partial charge in [0, 0.05) is 20.8 Å². The number of aromatic nitrogens is 2. The summed E-state index contributed by atoms with van der Waals surface area (Å²) in [5.74, 6) is -1.58. The van der Waals surface area contributed by atoms with Crippen molar-refractivity contribution in [3.05, 3.63) is 104 Å². The summed E-state index contributed by atoms with van der Waals surface area (Å²) < 4.78 is 5.83. The van der Waals surface area contributed by atoms with E-state index in [1.807, 2.05) is 12.1 Å². The molecule has 36 heavy (non-hydrogen) atoms. The number of benzene rings is 2. The van der Waals surface area contributed by atoms with Crippen LogP contribution in [0, 0.1) is 0 Å². The second-order valence-electron chi connectivity index (χ2n) is 7.58. The van der Waals surface area contributed by atoms with E-state index in [2.05, 4.69) is 10.2 Å². The van der Waals surface area contributed by atoms with E-state index >= 15 is 0 Å². The Balaban J connectivity index is 1.51. The second-order valence-corrected chi connectivity index (χ2v) is 11.0. The Hall–Kier alpha value is -2.82. The minimum atomic E-state index is -1.07. The normalized spacial score (nSPS) is 15.7. The first-order valence-corrected chi connectivity index (χ1v) is 13.3. The molecule has 4 aromatic rings. The molecule has 0 fully saturated rings. The quantitative estimate of drug-likeness (QED) is 0.141. The van der Waals surface area contributed by atoms with Crippen molar-refractivity contribution in [3.63, 3.8) is 0 Å². The minimum absolute atomic E-state index is 0.0299. The highest BCUT2D eigenvalue weighted by molar-refractivity contribution is 8.00. The van der Waals surface area contributed by atoms with Crippen LogP contribution in [0.2, 0.25) is 15.1 Å². The number of ketones is 1. The first-order valence-electron chi connectivity index (χ1n) is 10.3. The molecule has 1 N–H and O–H groups in total. The average molecular weight is 579 g/mol. The number of hydrogen-bond donors (Lipinski definition) is 1. The van der Waals surface area contributed by atoms with E-state index in [-0.39, 0.29) is 21.5 Å². The predicted molar refractivity (Wildman–Crippen MR) is 140 cm³/mol. The van der Waals surface area contributed by atoms with Crippen molar-refractivity contribution in [3.8, 4) is 0 Å². The fourth-order valence-corrected chi connectivity index (χ4v) is 6.14. The van der Waals surface area contributed by atoms with Gasteiger partial charge in [0.2, 0.25) is 10.9 Å². The topological polar surface area (TPSA) is 96.5 Å². The molecular weight excluding hydrogens is 565 g/mol. The third kappa shape index (κ3) is 4.77. The van der Waals surface area contributed by atoms with Gasteiger partial charge in [-0.3, -0.25) is 14.5 Å². The summed E-state index contributed by atoms with van der Waals surface area (Å²) in [5.41, 5.74) is 1.25. The van der Waals surface area contributed by atoms with Crippen molar-refractivity contribution in [2.45, 2.75) is 16.1 Å². The molecule has 5 rings (SSSR count). The number of carbonyl (C=O) groups excluding carboxylic acids is 2. The standard InChI is InChI=1S/C24H14Cl3N3O4S2/c25-13-5-3-12(4-6-13)11-35-24-29-28-23(36-24)30-19(15-8-7-14(26)10-16(15)27)18(21(32)22(30)33)20(31)17-2-1-9-34-17/h1-10,19,32H,11H2. The van der Waals surface area contributed by atoms with Gasteiger partial charge in [-0.15, -0.1) is 10.2 Å². The summed E-state index contributed by atoms with van der Waals surface area (Å²) in [6, 6.07) is 14.0. The number of furan rings is 1. The molecule has 7 nitrogen and oxygen atoms in total. The number of carbonyl (C=O) groups is 2. The largest absolute Gasteiger partial charge is 0.503 e. The number of aliphatic hydroxyl groups excluding tert-OH is 1. The molecule has 1 aliphatic heterocycles. The summed E-state index contributed by atoms with van der Waals surface area (Å²) in [6.45, 7) is 0. The van der Waals surface area contributed by atoms with Gasteiger partial charge in [-0.1, -0.05) is 76.1 Å². The Morgan fingerprint density at radius 2 is 1.83 bits per heavy atom. The number of halogens is 3. The molecule has 0 saturated carbocycles. The Bertz CT molecular complexity index is 1490. The summed E-state index contributed by atoms with van der Waals surface area (Å²) in [4.78, 5) is 27.8. The highest BCUT2D eigenvalue weighted by atomic mass is 35.5. The molecule has 0 aliphatic carbocycles. The molecule has 3 heterocycles. The van der Waals surface area contributed by atoms with Crippen molar-refractivity contribution in [2.75, 3.05) is 4.90 Å². The van der Waals surface area contributed by atoms with Gasteiger partial charge in [0.15, 0.2) is 15.9 Å². The predicted octanol–water partition coefficient (Wildman–Crippen LogP) is 7.17. The smallest absolute Gasteiger partial charge is 0.296 e. The van der Waals surface area contributed by atoms with E-state index in [0.29, 0.717) is 25.7 Å². The first kappa shape index (κ1) is 24.9. The lowest BCUT2D eigenvalue weighted by Gasteiger charge is -2.24. The Morgan fingerprint density at radius 1 is 1.08 bits per heavy atom. The van der Waals surface area contributed by atoms with Crippen LogP contribution in [0.15, 0.2) is 80.9 Å². The number of anilines is 1. The number of rotatable bonds is 7. The zero-order chi connectivity index (χ0) is 25.4. The number of aliphatic hydroxyl groups is 1. The minimum Gasteiger partial charge on any atom is -0.503 e. The van der Waals surface area contributed by atoms with Crippen LogP contribution in [0.5, 0.6) is 0 Å². The van der Waals surface area contributed by atoms with Crippen molar-refractivity contribution >= 4 is 74.7 Å². The van der Waals surface area contributed by atoms with Crippen molar-refractivity contribution in [1.29, 1.82) is 0 Å². The Labute approximate surface area is 228 Å². The van der Waals surface area contributed by atoms with Crippen LogP contribution in [0.25, 0.3) is 0 Å². The number of nitrogens with zero attached hydrogens (tertiary/aromatic N) is 3. The molecule has 1 unspecified atom stereocenters. The molecule has 0 bridgehead atoms. The van der Waals surface area contributed by atoms with Crippen LogP contribution >= 0.6 is 57.9 Å². The zero-order valence-corrected chi connectivity index (χ0v) is 21.9. The highest BCUT2D eigenvalue weighted by Gasteiger charge is 2.47. The zero-order valence-electron chi connectivity index (χ0n) is 18.0. The Kier molecular flexibility index (Phi) is 7.09. The number of thioether (sulfide) groups is 1. The molecule has 2 aromatic heterocycles. The van der Waals surface area contributed by atoms with Crippen LogP contribution < -0.4 is 4.90 Å². The fourth-order valence-electron chi connectivity index (χ4n) is 3.68. The number of Topliss-reactive ketones (excluding diaryl/α,β-unsaturated/α-hetero) is 1. The second kappa shape index (κ2) is 10.3. The van der Waals surface area contributed by atoms with E-state index < -0.39 is 23.5 Å². The van der Waals surface area contributed by atoms with Crippen LogP contribution in [-0.2, 0) is 10.5 Å². The Morgan fingerprint density at radius 3 is 2.53 bits per heavy atom. The highest BCUT2D eigenvalue weighted by Crippen LogP contribution is 2.46. The number of amides is 1. The van der Waals surface area contributed by atoms with Gasteiger partial charge >= 0.3 is 0 Å². The van der Waals surface area contributed by atoms with Gasteiger partial charge in [-0.05, 0) is 47.5 Å². The lowest BCUT2D eigenvalue weighted by molar-refractivity contribution is -0.117. The van der Waals surface area contributed by atoms with Gasteiger partial charge in [0.1, 0.15) is 0 Å². The van der Waals surface area contributed by atoms with Crippen LogP contribution in [0.3, 0.4) is 0 Å². The molecule has 0 spiro atoms. The molecule has 1 atom stereocenters. The lowest BCUT2D eigenvalue weighted by Crippen LogP contribution is -2.31. The summed E-state index contributed by atoms with van der Waals surface area (Å²) in [6.07, 6.45) is 1.33. The van der Waals surface area contributed by atoms with Gasteiger partial charge in [-0.2, -0.15) is 0 Å². The monoisotopic (exact) mass is 577 g/mol. The summed E-state index contributed by atoms with van der Waals surface area (Å²) in [7, 11) is 0. The van der Waals surface area contributed by atoms with E-state index in [0.717, 1.165) is 16.9 Å². The van der Waals surface area contributed by atoms with E-state index in [4.69, 9.17) is 39.2 Å². The third-order valence-electron chi connectivity index (χ3n) is 5.33. The summed E-state index contributed by atoms with van der Waals surface area (Å²) in [5, 5.41) is 20.6. The average Bonchev–Trinajstić information content (AvgIpc) is 3.60. The molecular formula is C24H14Cl3N3O4S2. The van der Waals surface area contributed by atoms with Crippen LogP contribution in [0.1, 0.15) is 27.7 Å². The van der Waals surface area contributed by atoms with Crippen LogP contribution in [0.4, 0.5) is 5.13 Å². The SMILES string of the molecule is O=C(C1=C(O)C(=O)N(c2nnc(SCc3ccc(Cl)cc3)s2)C1c1ccc(Cl)cc1Cl)c1ccco1. The molecule has 12 heteroatoms. The van der Waals surface area contributed by atoms with Crippen molar-refractivity contribution in [1.82, 2.24) is 10.2 Å². The molecule has 0 radical (unpaired) electrons. The maximum atomic E-state index is 13.3. The maximum Gasteiger partial charge on any atom is 0.296 e. The van der Waals surface area contributed by atoms with Crippen LogP contribution in [-0.4, -0.2) is 27.0 Å². The van der Waals surface area contributed by atoms with Gasteiger partial charge in [0.05, 0.1) is 17.9 Å². The van der Waals surface area contributed by atoms with Gasteiger partial charge < -0.3 is 9.52 Å². The molecule has 0 saturated heterocycles. The van der Waals surface area contributed by atoms with Gasteiger partial charge in [0.25, 0.3) is 5.91 Å². The van der Waals surface area contributed by atoms with Crippen molar-refractivity contribution < 1.29 is 19.1 Å². The molecule has 1 aliphatic rings. The molecule has 1 amide bonds. The number of hydrogen-bond acceptors (Lipinski definition) is 8. The van der Waals surface area contributed by atoms with Crippen molar-refractivity contribution in [2.24, 2.45) is 0 Å². The maximum absolute atomic E-state index is 13.3. The van der Waals surface area contributed by atoms with E-state index in [1.54, 1.807) is 30.3 Å². The first-order chi connectivity index (χ1) is 17.3. The lowest BCUT2D eigenvalue weighted by atomic mass is 9.95. The fraction of sp³-hybridized carbons (Fsp3) is 0.0833. The third-order valence-corrected chi connectivity index (χ3v) is 8.27.